The molecule has 1 N–H and O–H groups in total. The van der Waals surface area contributed by atoms with Crippen molar-refractivity contribution in [3.63, 3.8) is 0 Å². The largest absolute Gasteiger partial charge is 0.496 e. The third-order valence-corrected chi connectivity index (χ3v) is 4.09. The highest BCUT2D eigenvalue weighted by atomic mass is 16.5. The van der Waals surface area contributed by atoms with E-state index in [0.717, 1.165) is 38.9 Å². The van der Waals surface area contributed by atoms with E-state index in [1.807, 2.05) is 24.3 Å². The van der Waals surface area contributed by atoms with Gasteiger partial charge < -0.3 is 10.1 Å². The summed E-state index contributed by atoms with van der Waals surface area (Å²) in [7, 11) is 1.61. The molecule has 0 atom stereocenters. The zero-order valence-corrected chi connectivity index (χ0v) is 13.1. The van der Waals surface area contributed by atoms with E-state index in [-0.39, 0.29) is 5.78 Å². The lowest BCUT2D eigenvalue weighted by atomic mass is 10.0. The van der Waals surface area contributed by atoms with Crippen molar-refractivity contribution in [3.05, 3.63) is 29.8 Å². The summed E-state index contributed by atoms with van der Waals surface area (Å²) in [5.74, 6) is 0.823. The summed E-state index contributed by atoms with van der Waals surface area (Å²) in [6.07, 6.45) is 3.32. The number of piperidine rings is 1. The number of para-hydroxylation sites is 1. The van der Waals surface area contributed by atoms with Crippen LogP contribution in [0.4, 0.5) is 0 Å². The quantitative estimate of drug-likeness (QED) is 0.783. The number of hydrogen-bond acceptors (Lipinski definition) is 4. The number of nitrogens with zero attached hydrogens (tertiary/aromatic N) is 1. The van der Waals surface area contributed by atoms with Crippen LogP contribution in [0, 0.1) is 0 Å². The lowest BCUT2D eigenvalue weighted by Crippen LogP contribution is -2.45. The average molecular weight is 290 g/mol. The lowest BCUT2D eigenvalue weighted by Gasteiger charge is -2.34. The number of benzene rings is 1. The summed E-state index contributed by atoms with van der Waals surface area (Å²) in [6, 6.07) is 8.01. The molecule has 1 aromatic carbocycles. The van der Waals surface area contributed by atoms with Crippen molar-refractivity contribution in [1.82, 2.24) is 10.2 Å². The van der Waals surface area contributed by atoms with Gasteiger partial charge in [-0.05, 0) is 51.0 Å². The number of hydrogen-bond donors (Lipinski definition) is 1. The second-order valence-electron chi connectivity index (χ2n) is 5.58. The van der Waals surface area contributed by atoms with Crippen molar-refractivity contribution in [2.24, 2.45) is 0 Å². The van der Waals surface area contributed by atoms with Crippen molar-refractivity contribution in [3.8, 4) is 5.75 Å². The molecule has 0 unspecified atom stereocenters. The maximum absolute atomic E-state index is 12.6. The highest BCUT2D eigenvalue weighted by Crippen LogP contribution is 2.20. The fourth-order valence-corrected chi connectivity index (χ4v) is 2.99. The van der Waals surface area contributed by atoms with Crippen LogP contribution in [-0.4, -0.2) is 50.0 Å². The van der Waals surface area contributed by atoms with E-state index in [9.17, 15) is 4.79 Å². The van der Waals surface area contributed by atoms with Crippen molar-refractivity contribution in [1.29, 1.82) is 0 Å². The second kappa shape index (κ2) is 8.15. The van der Waals surface area contributed by atoms with Crippen LogP contribution in [0.3, 0.4) is 0 Å². The summed E-state index contributed by atoms with van der Waals surface area (Å²) in [5, 5.41) is 3.38. The molecule has 1 fully saturated rings. The van der Waals surface area contributed by atoms with Crippen LogP contribution in [-0.2, 0) is 0 Å². The molecular formula is C17H26N2O2. The molecule has 0 aromatic heterocycles. The maximum Gasteiger partial charge on any atom is 0.180 e. The van der Waals surface area contributed by atoms with Crippen molar-refractivity contribution < 1.29 is 9.53 Å². The van der Waals surface area contributed by atoms with Crippen LogP contribution in [0.1, 0.15) is 36.5 Å². The van der Waals surface area contributed by atoms with Crippen LogP contribution in [0.25, 0.3) is 0 Å². The Morgan fingerprint density at radius 3 is 2.71 bits per heavy atom. The Morgan fingerprint density at radius 1 is 1.33 bits per heavy atom. The number of carbonyl (C=O) groups is 1. The highest BCUT2D eigenvalue weighted by Gasteiger charge is 2.23. The first-order chi connectivity index (χ1) is 10.3. The molecule has 0 radical (unpaired) electrons. The molecule has 1 aliphatic rings. The summed E-state index contributed by atoms with van der Waals surface area (Å²) >= 11 is 0. The van der Waals surface area contributed by atoms with Crippen molar-refractivity contribution in [2.75, 3.05) is 33.3 Å². The number of methoxy groups -OCH3 is 1. The normalized spacial score (nSPS) is 16.1. The van der Waals surface area contributed by atoms with Gasteiger partial charge in [0.2, 0.25) is 0 Å². The van der Waals surface area contributed by atoms with Gasteiger partial charge in [-0.3, -0.25) is 9.69 Å². The summed E-state index contributed by atoms with van der Waals surface area (Å²) < 4.78 is 5.30. The molecule has 0 amide bonds. The molecule has 0 spiro atoms. The SMILES string of the molecule is CCCN(CC(=O)c1ccccc1OC)C1CCNCC1. The molecule has 21 heavy (non-hydrogen) atoms. The Kier molecular flexibility index (Phi) is 6.21. The number of nitrogens with one attached hydrogen (secondary N) is 1. The van der Waals surface area contributed by atoms with Gasteiger partial charge in [0.1, 0.15) is 5.75 Å². The molecule has 0 aliphatic carbocycles. The molecule has 4 nitrogen and oxygen atoms in total. The summed E-state index contributed by atoms with van der Waals surface area (Å²) in [5.41, 5.74) is 0.690. The highest BCUT2D eigenvalue weighted by molar-refractivity contribution is 6.00. The van der Waals surface area contributed by atoms with Crippen LogP contribution in [0.2, 0.25) is 0 Å². The minimum atomic E-state index is 0.152. The van der Waals surface area contributed by atoms with Crippen LogP contribution in [0.5, 0.6) is 5.75 Å². The molecule has 1 aromatic rings. The standard InChI is InChI=1S/C17H26N2O2/c1-3-12-19(14-8-10-18-11-9-14)13-16(20)15-6-4-5-7-17(15)21-2/h4-7,14,18H,3,8-13H2,1-2H3. The number of ether oxygens (including phenoxy) is 1. The van der Waals surface area contributed by atoms with Gasteiger partial charge >= 0.3 is 0 Å². The van der Waals surface area contributed by atoms with E-state index < -0.39 is 0 Å². The Bertz CT molecular complexity index is 456. The van der Waals surface area contributed by atoms with E-state index in [1.54, 1.807) is 7.11 Å². The van der Waals surface area contributed by atoms with Gasteiger partial charge in [0.05, 0.1) is 19.2 Å². The summed E-state index contributed by atoms with van der Waals surface area (Å²) in [6.45, 7) is 5.73. The third kappa shape index (κ3) is 4.29. The van der Waals surface area contributed by atoms with Crippen LogP contribution in [0.15, 0.2) is 24.3 Å². The van der Waals surface area contributed by atoms with Gasteiger partial charge in [-0.15, -0.1) is 0 Å². The van der Waals surface area contributed by atoms with Gasteiger partial charge in [0.25, 0.3) is 0 Å². The summed E-state index contributed by atoms with van der Waals surface area (Å²) in [4.78, 5) is 15.0. The van der Waals surface area contributed by atoms with Crippen molar-refractivity contribution in [2.45, 2.75) is 32.2 Å². The zero-order chi connectivity index (χ0) is 15.1. The van der Waals surface area contributed by atoms with E-state index in [0.29, 0.717) is 23.9 Å². The Hall–Kier alpha value is -1.39. The monoisotopic (exact) mass is 290 g/mol. The molecule has 0 bridgehead atoms. The smallest absolute Gasteiger partial charge is 0.180 e. The van der Waals surface area contributed by atoms with Gasteiger partial charge in [0.15, 0.2) is 5.78 Å². The van der Waals surface area contributed by atoms with Gasteiger partial charge in [-0.25, -0.2) is 0 Å². The van der Waals surface area contributed by atoms with Gasteiger partial charge in [0, 0.05) is 6.04 Å². The molecule has 1 aliphatic heterocycles. The maximum atomic E-state index is 12.6. The topological polar surface area (TPSA) is 41.6 Å². The Balaban J connectivity index is 2.06. The van der Waals surface area contributed by atoms with Gasteiger partial charge in [-0.2, -0.15) is 0 Å². The predicted octanol–water partition coefficient (Wildman–Crippen LogP) is 2.34. The number of ketones is 1. The molecule has 1 saturated heterocycles. The first-order valence-electron chi connectivity index (χ1n) is 7.87. The molecule has 4 heteroatoms. The Morgan fingerprint density at radius 2 is 2.05 bits per heavy atom. The minimum absolute atomic E-state index is 0.152. The van der Waals surface area contributed by atoms with Crippen LogP contribution < -0.4 is 10.1 Å². The first kappa shape index (κ1) is 16.0. The lowest BCUT2D eigenvalue weighted by molar-refractivity contribution is 0.0862. The number of rotatable bonds is 7. The molecule has 116 valence electrons. The minimum Gasteiger partial charge on any atom is -0.496 e. The second-order valence-corrected chi connectivity index (χ2v) is 5.58. The van der Waals surface area contributed by atoms with Crippen LogP contribution >= 0.6 is 0 Å². The fourth-order valence-electron chi connectivity index (χ4n) is 2.99. The number of Topliss-reactive ketones (excluding diaryl/α,β-unsaturated/α-hetero) is 1. The predicted molar refractivity (Wildman–Crippen MR) is 85.1 cm³/mol. The van der Waals surface area contributed by atoms with E-state index >= 15 is 0 Å². The van der Waals surface area contributed by atoms with E-state index in [2.05, 4.69) is 17.1 Å². The van der Waals surface area contributed by atoms with E-state index in [4.69, 9.17) is 4.74 Å². The molecule has 1 heterocycles. The number of carbonyl (C=O) groups excluding carboxylic acids is 1. The third-order valence-electron chi connectivity index (χ3n) is 4.09. The van der Waals surface area contributed by atoms with Gasteiger partial charge in [-0.1, -0.05) is 19.1 Å². The van der Waals surface area contributed by atoms with Crippen molar-refractivity contribution >= 4 is 5.78 Å². The molecular weight excluding hydrogens is 264 g/mol. The molecule has 0 saturated carbocycles. The van der Waals surface area contributed by atoms with E-state index in [1.165, 1.54) is 0 Å². The average Bonchev–Trinajstić information content (AvgIpc) is 2.55. The first-order valence-corrected chi connectivity index (χ1v) is 7.87. The fraction of sp³-hybridized carbons (Fsp3) is 0.588. The Labute approximate surface area is 127 Å². The molecule has 2 rings (SSSR count). The zero-order valence-electron chi connectivity index (χ0n) is 13.1.